The molecule has 92 valence electrons. The molecule has 2 aliphatic rings. The number of hydrogen-bond acceptors (Lipinski definition) is 2. The van der Waals surface area contributed by atoms with Gasteiger partial charge in [-0.15, -0.1) is 0 Å². The molecule has 1 unspecified atom stereocenters. The lowest BCUT2D eigenvalue weighted by Gasteiger charge is -2.47. The highest BCUT2D eigenvalue weighted by molar-refractivity contribution is 5.22. The van der Waals surface area contributed by atoms with Crippen molar-refractivity contribution in [2.24, 2.45) is 11.3 Å². The summed E-state index contributed by atoms with van der Waals surface area (Å²) in [5.74, 6) is 0.813. The Kier molecular flexibility index (Phi) is 3.18. The standard InChI is InChI=1S/C14H26N2/c1-11-7-5-6-8-14(11,3)13-12(2)15-9-10-16(13)4/h11,15H,5-10H2,1-4H3/t11?,14-/m1/s1. The Labute approximate surface area is 100 Å². The molecule has 2 heteroatoms. The summed E-state index contributed by atoms with van der Waals surface area (Å²) in [6.07, 6.45) is 5.56. The molecule has 2 atom stereocenters. The van der Waals surface area contributed by atoms with Gasteiger partial charge in [-0.1, -0.05) is 26.7 Å². The summed E-state index contributed by atoms with van der Waals surface area (Å²) >= 11 is 0. The van der Waals surface area contributed by atoms with Crippen LogP contribution >= 0.6 is 0 Å². The predicted octanol–water partition coefficient (Wildman–Crippen LogP) is 2.97. The number of likely N-dealkylation sites (N-methyl/N-ethyl adjacent to an activating group) is 1. The second kappa shape index (κ2) is 4.31. The fourth-order valence-corrected chi connectivity index (χ4v) is 3.62. The molecule has 0 aromatic rings. The minimum absolute atomic E-state index is 0.393. The third-order valence-corrected chi connectivity index (χ3v) is 4.79. The van der Waals surface area contributed by atoms with E-state index in [9.17, 15) is 0 Å². The Morgan fingerprint density at radius 1 is 1.38 bits per heavy atom. The van der Waals surface area contributed by atoms with E-state index in [2.05, 4.69) is 38.0 Å². The maximum Gasteiger partial charge on any atom is 0.0383 e. The minimum atomic E-state index is 0.393. The zero-order valence-corrected chi connectivity index (χ0v) is 11.3. The van der Waals surface area contributed by atoms with Gasteiger partial charge in [-0.05, 0) is 25.7 Å². The number of rotatable bonds is 1. The lowest BCUT2D eigenvalue weighted by atomic mass is 9.65. The van der Waals surface area contributed by atoms with E-state index in [1.165, 1.54) is 31.4 Å². The molecule has 2 nitrogen and oxygen atoms in total. The molecule has 1 fully saturated rings. The Hall–Kier alpha value is -0.660. The average Bonchev–Trinajstić information content (AvgIpc) is 2.22. The second-order valence-electron chi connectivity index (χ2n) is 5.89. The summed E-state index contributed by atoms with van der Waals surface area (Å²) in [4.78, 5) is 2.48. The first kappa shape index (κ1) is 11.8. The first-order valence-electron chi connectivity index (χ1n) is 6.72. The summed E-state index contributed by atoms with van der Waals surface area (Å²) in [5, 5.41) is 3.54. The summed E-state index contributed by atoms with van der Waals surface area (Å²) in [7, 11) is 2.26. The van der Waals surface area contributed by atoms with Crippen LogP contribution in [0.3, 0.4) is 0 Å². The first-order valence-corrected chi connectivity index (χ1v) is 6.72. The van der Waals surface area contributed by atoms with Crippen molar-refractivity contribution in [2.45, 2.75) is 46.5 Å². The van der Waals surface area contributed by atoms with E-state index in [0.29, 0.717) is 5.41 Å². The molecule has 1 aliphatic carbocycles. The fraction of sp³-hybridized carbons (Fsp3) is 0.857. The molecule has 1 saturated carbocycles. The molecular weight excluding hydrogens is 196 g/mol. The van der Waals surface area contributed by atoms with Gasteiger partial charge in [0.1, 0.15) is 0 Å². The van der Waals surface area contributed by atoms with Crippen LogP contribution in [0.15, 0.2) is 11.4 Å². The number of allylic oxidation sites excluding steroid dienone is 2. The van der Waals surface area contributed by atoms with Crippen LogP contribution in [0.1, 0.15) is 46.5 Å². The highest BCUT2D eigenvalue weighted by Crippen LogP contribution is 2.48. The topological polar surface area (TPSA) is 15.3 Å². The number of hydrogen-bond donors (Lipinski definition) is 1. The highest BCUT2D eigenvalue weighted by atomic mass is 15.2. The molecule has 0 aromatic heterocycles. The molecular formula is C14H26N2. The maximum absolute atomic E-state index is 3.54. The van der Waals surface area contributed by atoms with E-state index < -0.39 is 0 Å². The van der Waals surface area contributed by atoms with Gasteiger partial charge in [-0.25, -0.2) is 0 Å². The highest BCUT2D eigenvalue weighted by Gasteiger charge is 2.40. The molecule has 0 bridgehead atoms. The van der Waals surface area contributed by atoms with Crippen LogP contribution in [0.5, 0.6) is 0 Å². The minimum Gasteiger partial charge on any atom is -0.385 e. The van der Waals surface area contributed by atoms with Gasteiger partial charge in [0.15, 0.2) is 0 Å². The van der Waals surface area contributed by atoms with Crippen LogP contribution < -0.4 is 5.32 Å². The van der Waals surface area contributed by atoms with E-state index in [0.717, 1.165) is 19.0 Å². The van der Waals surface area contributed by atoms with Crippen molar-refractivity contribution >= 4 is 0 Å². The van der Waals surface area contributed by atoms with Gasteiger partial charge in [-0.3, -0.25) is 0 Å². The van der Waals surface area contributed by atoms with Crippen molar-refractivity contribution in [2.75, 3.05) is 20.1 Å². The molecule has 0 amide bonds. The number of nitrogens with one attached hydrogen (secondary N) is 1. The van der Waals surface area contributed by atoms with E-state index in [4.69, 9.17) is 0 Å². The Balaban J connectivity index is 2.33. The molecule has 1 heterocycles. The molecule has 2 rings (SSSR count). The predicted molar refractivity (Wildman–Crippen MR) is 69.1 cm³/mol. The third-order valence-electron chi connectivity index (χ3n) is 4.79. The smallest absolute Gasteiger partial charge is 0.0383 e. The van der Waals surface area contributed by atoms with Crippen molar-refractivity contribution in [1.82, 2.24) is 10.2 Å². The summed E-state index contributed by atoms with van der Waals surface area (Å²) < 4.78 is 0. The largest absolute Gasteiger partial charge is 0.385 e. The van der Waals surface area contributed by atoms with Crippen LogP contribution in [-0.2, 0) is 0 Å². The average molecular weight is 222 g/mol. The molecule has 16 heavy (non-hydrogen) atoms. The Morgan fingerprint density at radius 2 is 2.12 bits per heavy atom. The molecule has 0 radical (unpaired) electrons. The van der Waals surface area contributed by atoms with Gasteiger partial charge in [0.2, 0.25) is 0 Å². The van der Waals surface area contributed by atoms with Gasteiger partial charge in [0.05, 0.1) is 0 Å². The maximum atomic E-state index is 3.54. The van der Waals surface area contributed by atoms with Crippen molar-refractivity contribution in [3.63, 3.8) is 0 Å². The lowest BCUT2D eigenvalue weighted by molar-refractivity contribution is 0.124. The van der Waals surface area contributed by atoms with Gasteiger partial charge in [0.25, 0.3) is 0 Å². The lowest BCUT2D eigenvalue weighted by Crippen LogP contribution is -2.45. The summed E-state index contributed by atoms with van der Waals surface area (Å²) in [6, 6.07) is 0. The Bertz CT molecular complexity index is 295. The third kappa shape index (κ3) is 1.83. The van der Waals surface area contributed by atoms with E-state index in [1.54, 1.807) is 5.70 Å². The molecule has 1 N–H and O–H groups in total. The monoisotopic (exact) mass is 222 g/mol. The molecule has 1 aliphatic heterocycles. The van der Waals surface area contributed by atoms with Gasteiger partial charge < -0.3 is 10.2 Å². The Morgan fingerprint density at radius 3 is 2.75 bits per heavy atom. The van der Waals surface area contributed by atoms with Crippen LogP contribution in [0.4, 0.5) is 0 Å². The summed E-state index contributed by atoms with van der Waals surface area (Å²) in [5.41, 5.74) is 3.38. The number of nitrogens with zero attached hydrogens (tertiary/aromatic N) is 1. The zero-order chi connectivity index (χ0) is 11.8. The zero-order valence-electron chi connectivity index (χ0n) is 11.3. The van der Waals surface area contributed by atoms with Crippen LogP contribution in [0, 0.1) is 11.3 Å². The molecule has 0 aromatic carbocycles. The van der Waals surface area contributed by atoms with Crippen molar-refractivity contribution in [3.05, 3.63) is 11.4 Å². The quantitative estimate of drug-likeness (QED) is 0.734. The van der Waals surface area contributed by atoms with Gasteiger partial charge in [-0.2, -0.15) is 0 Å². The van der Waals surface area contributed by atoms with Crippen LogP contribution in [0.25, 0.3) is 0 Å². The van der Waals surface area contributed by atoms with Gasteiger partial charge >= 0.3 is 0 Å². The molecule has 0 saturated heterocycles. The first-order chi connectivity index (χ1) is 7.55. The van der Waals surface area contributed by atoms with Crippen molar-refractivity contribution < 1.29 is 0 Å². The van der Waals surface area contributed by atoms with Crippen molar-refractivity contribution in [3.8, 4) is 0 Å². The fourth-order valence-electron chi connectivity index (χ4n) is 3.62. The van der Waals surface area contributed by atoms with Gasteiger partial charge in [0, 0.05) is 36.9 Å². The van der Waals surface area contributed by atoms with Crippen LogP contribution in [0.2, 0.25) is 0 Å². The molecule has 0 spiro atoms. The van der Waals surface area contributed by atoms with Crippen molar-refractivity contribution in [1.29, 1.82) is 0 Å². The van der Waals surface area contributed by atoms with Crippen LogP contribution in [-0.4, -0.2) is 25.0 Å². The summed E-state index contributed by atoms with van der Waals surface area (Å²) in [6.45, 7) is 9.39. The van der Waals surface area contributed by atoms with E-state index in [-0.39, 0.29) is 0 Å². The second-order valence-corrected chi connectivity index (χ2v) is 5.89. The SMILES string of the molecule is CC1=C([C@]2(C)CCCCC2C)N(C)CCN1. The van der Waals surface area contributed by atoms with E-state index >= 15 is 0 Å². The van der Waals surface area contributed by atoms with E-state index in [1.807, 2.05) is 0 Å². The normalized spacial score (nSPS) is 36.2.